The van der Waals surface area contributed by atoms with Crippen LogP contribution in [0.3, 0.4) is 0 Å². The highest BCUT2D eigenvalue weighted by molar-refractivity contribution is 9.10. The molecule has 0 saturated carbocycles. The number of thiazole rings is 1. The number of halogens is 3. The van der Waals surface area contributed by atoms with E-state index in [0.717, 1.165) is 20.5 Å². The molecule has 8 heteroatoms. The number of aromatic nitrogens is 1. The van der Waals surface area contributed by atoms with Gasteiger partial charge in [-0.25, -0.2) is 13.4 Å². The Kier molecular flexibility index (Phi) is 4.32. The molecule has 2 aromatic rings. The number of hydrogen-bond acceptors (Lipinski definition) is 4. The fraction of sp³-hybridized carbons (Fsp3) is 0.182. The Morgan fingerprint density at radius 3 is 2.84 bits per heavy atom. The SMILES string of the molecule is O=S(=O)(CCC=C(F)F)c1nc2cc(Br)ccc2s1. The first-order valence-electron chi connectivity index (χ1n) is 5.18. The van der Waals surface area contributed by atoms with Gasteiger partial charge in [-0.15, -0.1) is 11.3 Å². The van der Waals surface area contributed by atoms with Gasteiger partial charge in [0.2, 0.25) is 14.2 Å². The van der Waals surface area contributed by atoms with Crippen LogP contribution in [0, 0.1) is 0 Å². The van der Waals surface area contributed by atoms with E-state index in [1.807, 2.05) is 0 Å². The van der Waals surface area contributed by atoms with Crippen LogP contribution >= 0.6 is 27.3 Å². The molecule has 0 aliphatic heterocycles. The highest BCUT2D eigenvalue weighted by Gasteiger charge is 2.19. The molecular formula is C11H8BrF2NO2S2. The number of nitrogens with zero attached hydrogens (tertiary/aromatic N) is 1. The Bertz CT molecular complexity index is 736. The van der Waals surface area contributed by atoms with Crippen LogP contribution in [0.15, 0.2) is 39.2 Å². The predicted octanol–water partition coefficient (Wildman–Crippen LogP) is 4.00. The van der Waals surface area contributed by atoms with Gasteiger partial charge in [0, 0.05) is 4.47 Å². The fourth-order valence-electron chi connectivity index (χ4n) is 1.42. The first-order valence-corrected chi connectivity index (χ1v) is 8.45. The van der Waals surface area contributed by atoms with E-state index in [1.165, 1.54) is 0 Å². The third-order valence-electron chi connectivity index (χ3n) is 2.28. The second-order valence-electron chi connectivity index (χ2n) is 3.69. The van der Waals surface area contributed by atoms with Gasteiger partial charge in [-0.1, -0.05) is 15.9 Å². The zero-order chi connectivity index (χ0) is 14.0. The molecule has 102 valence electrons. The minimum absolute atomic E-state index is 0.0340. The Balaban J connectivity index is 2.30. The largest absolute Gasteiger partial charge is 0.266 e. The van der Waals surface area contributed by atoms with Crippen LogP contribution in [0.5, 0.6) is 0 Å². The third kappa shape index (κ3) is 3.58. The summed E-state index contributed by atoms with van der Waals surface area (Å²) in [4.78, 5) is 4.04. The van der Waals surface area contributed by atoms with Crippen LogP contribution in [0.1, 0.15) is 6.42 Å². The molecule has 0 unspecified atom stereocenters. The summed E-state index contributed by atoms with van der Waals surface area (Å²) >= 11 is 4.32. The van der Waals surface area contributed by atoms with Crippen LogP contribution in [-0.2, 0) is 9.84 Å². The number of sulfone groups is 1. The van der Waals surface area contributed by atoms with Crippen molar-refractivity contribution in [2.45, 2.75) is 10.8 Å². The van der Waals surface area contributed by atoms with Crippen molar-refractivity contribution in [3.63, 3.8) is 0 Å². The predicted molar refractivity (Wildman–Crippen MR) is 74.3 cm³/mol. The Labute approximate surface area is 121 Å². The molecule has 1 heterocycles. The zero-order valence-corrected chi connectivity index (χ0v) is 12.7. The number of allylic oxidation sites excluding steroid dienone is 1. The monoisotopic (exact) mass is 367 g/mol. The van der Waals surface area contributed by atoms with E-state index in [4.69, 9.17) is 0 Å². The number of rotatable bonds is 4. The van der Waals surface area contributed by atoms with Crippen molar-refractivity contribution < 1.29 is 17.2 Å². The van der Waals surface area contributed by atoms with Crippen LogP contribution in [0.4, 0.5) is 8.78 Å². The van der Waals surface area contributed by atoms with Gasteiger partial charge in [0.05, 0.1) is 16.0 Å². The van der Waals surface area contributed by atoms with Gasteiger partial charge in [-0.05, 0) is 30.7 Å². The number of fused-ring (bicyclic) bond motifs is 1. The lowest BCUT2D eigenvalue weighted by atomic mass is 10.3. The molecule has 2 rings (SSSR count). The van der Waals surface area contributed by atoms with E-state index in [0.29, 0.717) is 11.6 Å². The molecule has 0 fully saturated rings. The average Bonchev–Trinajstić information content (AvgIpc) is 2.71. The third-order valence-corrected chi connectivity index (χ3v) is 6.01. The molecule has 0 atom stereocenters. The molecule has 0 spiro atoms. The molecule has 0 bridgehead atoms. The van der Waals surface area contributed by atoms with Crippen molar-refractivity contribution >= 4 is 47.3 Å². The van der Waals surface area contributed by atoms with Crippen LogP contribution in [0.25, 0.3) is 10.2 Å². The lowest BCUT2D eigenvalue weighted by Gasteiger charge is -1.96. The summed E-state index contributed by atoms with van der Waals surface area (Å²) in [6.45, 7) is 0. The molecule has 1 aromatic heterocycles. The van der Waals surface area contributed by atoms with Gasteiger partial charge in [0.25, 0.3) is 6.08 Å². The van der Waals surface area contributed by atoms with Crippen molar-refractivity contribution in [2.75, 3.05) is 5.75 Å². The van der Waals surface area contributed by atoms with E-state index in [2.05, 4.69) is 20.9 Å². The lowest BCUT2D eigenvalue weighted by molar-refractivity contribution is 0.418. The maximum Gasteiger partial charge on any atom is 0.266 e. The molecule has 0 aliphatic carbocycles. The standard InChI is InChI=1S/C11H8BrF2NO2S2/c12-7-3-4-9-8(6-7)15-11(18-9)19(16,17)5-1-2-10(13)14/h2-4,6H,1,5H2. The molecular weight excluding hydrogens is 360 g/mol. The molecule has 3 nitrogen and oxygen atoms in total. The van der Waals surface area contributed by atoms with Crippen LogP contribution in [0.2, 0.25) is 0 Å². The van der Waals surface area contributed by atoms with Crippen LogP contribution < -0.4 is 0 Å². The van der Waals surface area contributed by atoms with E-state index >= 15 is 0 Å². The molecule has 0 saturated heterocycles. The fourth-order valence-corrected chi connectivity index (χ4v) is 4.32. The summed E-state index contributed by atoms with van der Waals surface area (Å²) in [6.07, 6.45) is -1.49. The topological polar surface area (TPSA) is 47.0 Å². The molecule has 1 aromatic carbocycles. The van der Waals surface area contributed by atoms with E-state index in [-0.39, 0.29) is 16.5 Å². The van der Waals surface area contributed by atoms with Crippen LogP contribution in [-0.4, -0.2) is 19.2 Å². The minimum atomic E-state index is -3.62. The van der Waals surface area contributed by atoms with E-state index < -0.39 is 15.9 Å². The van der Waals surface area contributed by atoms with Crippen molar-refractivity contribution in [1.29, 1.82) is 0 Å². The number of benzene rings is 1. The normalized spacial score (nSPS) is 11.7. The smallest absolute Gasteiger partial charge is 0.225 e. The Morgan fingerprint density at radius 2 is 2.16 bits per heavy atom. The van der Waals surface area contributed by atoms with Gasteiger partial charge in [0.15, 0.2) is 0 Å². The summed E-state index contributed by atoms with van der Waals surface area (Å²) < 4.78 is 49.1. The van der Waals surface area contributed by atoms with Crippen molar-refractivity contribution in [3.8, 4) is 0 Å². The zero-order valence-electron chi connectivity index (χ0n) is 9.44. The summed E-state index contributed by atoms with van der Waals surface area (Å²) in [5.41, 5.74) is 0.574. The molecule has 0 amide bonds. The maximum atomic E-state index is 11.9. The average molecular weight is 368 g/mol. The summed E-state index contributed by atoms with van der Waals surface area (Å²) in [5, 5.41) is 0. The van der Waals surface area contributed by atoms with Gasteiger partial charge in [-0.3, -0.25) is 0 Å². The second-order valence-corrected chi connectivity index (χ2v) is 7.92. The summed E-state index contributed by atoms with van der Waals surface area (Å²) in [6, 6.07) is 5.27. The van der Waals surface area contributed by atoms with Crippen molar-refractivity contribution in [1.82, 2.24) is 4.98 Å². The Morgan fingerprint density at radius 1 is 1.42 bits per heavy atom. The molecule has 0 aliphatic rings. The van der Waals surface area contributed by atoms with E-state index in [1.54, 1.807) is 18.2 Å². The lowest BCUT2D eigenvalue weighted by Crippen LogP contribution is -2.05. The number of hydrogen-bond donors (Lipinski definition) is 0. The second kappa shape index (κ2) is 5.64. The van der Waals surface area contributed by atoms with Gasteiger partial charge in [0.1, 0.15) is 0 Å². The van der Waals surface area contributed by atoms with Crippen molar-refractivity contribution in [3.05, 3.63) is 34.8 Å². The van der Waals surface area contributed by atoms with Gasteiger partial charge >= 0.3 is 0 Å². The minimum Gasteiger partial charge on any atom is -0.225 e. The molecule has 0 radical (unpaired) electrons. The molecule has 19 heavy (non-hydrogen) atoms. The molecule has 0 N–H and O–H groups in total. The van der Waals surface area contributed by atoms with Gasteiger partial charge < -0.3 is 0 Å². The summed E-state index contributed by atoms with van der Waals surface area (Å²) in [5.74, 6) is -0.370. The highest BCUT2D eigenvalue weighted by Crippen LogP contribution is 2.28. The first kappa shape index (κ1) is 14.5. The van der Waals surface area contributed by atoms with E-state index in [9.17, 15) is 17.2 Å². The highest BCUT2D eigenvalue weighted by atomic mass is 79.9. The summed E-state index contributed by atoms with van der Waals surface area (Å²) in [7, 11) is -3.62. The first-order chi connectivity index (χ1) is 8.88. The van der Waals surface area contributed by atoms with Gasteiger partial charge in [-0.2, -0.15) is 8.78 Å². The quantitative estimate of drug-likeness (QED) is 0.820. The maximum absolute atomic E-state index is 11.9. The van der Waals surface area contributed by atoms with Crippen molar-refractivity contribution in [2.24, 2.45) is 0 Å². The Hall–Kier alpha value is -0.860.